The SMILES string of the molecule is CCC[n+]1cccc(-c2nc3ccccc3[nH]2)c1.[I-]. The van der Waals surface area contributed by atoms with Crippen LogP contribution in [0, 0.1) is 0 Å². The molecule has 2 aromatic heterocycles. The van der Waals surface area contributed by atoms with Crippen LogP contribution in [-0.4, -0.2) is 9.97 Å². The van der Waals surface area contributed by atoms with Gasteiger partial charge >= 0.3 is 0 Å². The Bertz CT molecular complexity index is 643. The van der Waals surface area contributed by atoms with Gasteiger partial charge in [0.05, 0.1) is 16.6 Å². The number of rotatable bonds is 3. The monoisotopic (exact) mass is 365 g/mol. The smallest absolute Gasteiger partial charge is 0.179 e. The quantitative estimate of drug-likeness (QED) is 0.512. The number of hydrogen-bond acceptors (Lipinski definition) is 1. The molecule has 4 heteroatoms. The van der Waals surface area contributed by atoms with E-state index in [0.717, 1.165) is 35.4 Å². The molecule has 0 fully saturated rings. The van der Waals surface area contributed by atoms with Crippen molar-refractivity contribution in [3.63, 3.8) is 0 Å². The van der Waals surface area contributed by atoms with Crippen molar-refractivity contribution in [2.24, 2.45) is 0 Å². The zero-order chi connectivity index (χ0) is 12.4. The predicted molar refractivity (Wildman–Crippen MR) is 72.0 cm³/mol. The van der Waals surface area contributed by atoms with Crippen LogP contribution >= 0.6 is 0 Å². The third-order valence-corrected chi connectivity index (χ3v) is 3.00. The topological polar surface area (TPSA) is 32.6 Å². The number of aryl methyl sites for hydroxylation is 1. The van der Waals surface area contributed by atoms with Gasteiger partial charge in [-0.2, -0.15) is 0 Å². The highest BCUT2D eigenvalue weighted by Crippen LogP contribution is 2.18. The maximum absolute atomic E-state index is 4.62. The zero-order valence-corrected chi connectivity index (χ0v) is 13.0. The highest BCUT2D eigenvalue weighted by atomic mass is 127. The second-order valence-electron chi connectivity index (χ2n) is 4.43. The number of aromatic nitrogens is 3. The second kappa shape index (κ2) is 6.14. The van der Waals surface area contributed by atoms with Gasteiger partial charge in [0.25, 0.3) is 0 Å². The van der Waals surface area contributed by atoms with Crippen LogP contribution in [0.1, 0.15) is 13.3 Å². The molecule has 0 bridgehead atoms. The molecule has 19 heavy (non-hydrogen) atoms. The molecule has 0 unspecified atom stereocenters. The van der Waals surface area contributed by atoms with Crippen molar-refractivity contribution in [3.05, 3.63) is 48.8 Å². The second-order valence-corrected chi connectivity index (χ2v) is 4.43. The van der Waals surface area contributed by atoms with Gasteiger partial charge in [0.15, 0.2) is 12.4 Å². The number of aromatic amines is 1. The zero-order valence-electron chi connectivity index (χ0n) is 10.8. The molecular formula is C15H16IN3. The van der Waals surface area contributed by atoms with Crippen molar-refractivity contribution in [2.75, 3.05) is 0 Å². The predicted octanol–water partition coefficient (Wildman–Crippen LogP) is -0.0686. The number of halogens is 1. The van der Waals surface area contributed by atoms with E-state index >= 15 is 0 Å². The standard InChI is InChI=1S/C15H16N3.HI/c1-2-9-18-10-5-6-12(11-18)15-16-13-7-3-4-8-14(13)17-15;/h3-8,10-11H,2,9H2,1H3,(H,16,17);1H/q+1;/p-1. The molecule has 98 valence electrons. The summed E-state index contributed by atoms with van der Waals surface area (Å²) in [5, 5.41) is 0. The van der Waals surface area contributed by atoms with E-state index < -0.39 is 0 Å². The highest BCUT2D eigenvalue weighted by molar-refractivity contribution is 5.78. The van der Waals surface area contributed by atoms with Gasteiger partial charge in [-0.05, 0) is 18.2 Å². The Hall–Kier alpha value is -1.43. The molecule has 0 aliphatic rings. The fourth-order valence-electron chi connectivity index (χ4n) is 2.15. The summed E-state index contributed by atoms with van der Waals surface area (Å²) >= 11 is 0. The van der Waals surface area contributed by atoms with Crippen LogP contribution in [0.15, 0.2) is 48.8 Å². The maximum Gasteiger partial charge on any atom is 0.179 e. The van der Waals surface area contributed by atoms with E-state index in [1.54, 1.807) is 0 Å². The third-order valence-electron chi connectivity index (χ3n) is 3.00. The van der Waals surface area contributed by atoms with Gasteiger partial charge in [-0.25, -0.2) is 9.55 Å². The lowest BCUT2D eigenvalue weighted by Gasteiger charge is -1.96. The first-order valence-electron chi connectivity index (χ1n) is 6.31. The largest absolute Gasteiger partial charge is 1.00 e. The Morgan fingerprint density at radius 1 is 1.16 bits per heavy atom. The number of H-pyrrole nitrogens is 1. The Kier molecular flexibility index (Phi) is 4.52. The van der Waals surface area contributed by atoms with Crippen molar-refractivity contribution in [1.82, 2.24) is 9.97 Å². The number of benzene rings is 1. The highest BCUT2D eigenvalue weighted by Gasteiger charge is 2.08. The molecule has 0 aliphatic carbocycles. The minimum atomic E-state index is 0. The number of nitrogens with one attached hydrogen (secondary N) is 1. The maximum atomic E-state index is 4.62. The van der Waals surface area contributed by atoms with Crippen LogP contribution in [-0.2, 0) is 6.54 Å². The van der Waals surface area contributed by atoms with Crippen molar-refractivity contribution in [1.29, 1.82) is 0 Å². The summed E-state index contributed by atoms with van der Waals surface area (Å²) in [5.74, 6) is 0.932. The van der Waals surface area contributed by atoms with Crippen LogP contribution in [0.2, 0.25) is 0 Å². The molecule has 0 spiro atoms. The molecular weight excluding hydrogens is 349 g/mol. The number of fused-ring (bicyclic) bond motifs is 1. The first kappa shape index (κ1) is 14.0. The van der Waals surface area contributed by atoms with E-state index in [0.29, 0.717) is 0 Å². The summed E-state index contributed by atoms with van der Waals surface area (Å²) in [5.41, 5.74) is 3.22. The lowest BCUT2D eigenvalue weighted by molar-refractivity contribution is -0.696. The van der Waals surface area contributed by atoms with Gasteiger partial charge in [-0.1, -0.05) is 19.1 Å². The Morgan fingerprint density at radius 3 is 2.79 bits per heavy atom. The molecule has 0 aliphatic heterocycles. The van der Waals surface area contributed by atoms with Crippen LogP contribution in [0.25, 0.3) is 22.4 Å². The van der Waals surface area contributed by atoms with Crippen molar-refractivity contribution >= 4 is 11.0 Å². The molecule has 0 saturated heterocycles. The van der Waals surface area contributed by atoms with Gasteiger partial charge in [-0.15, -0.1) is 0 Å². The number of hydrogen-bond donors (Lipinski definition) is 1. The van der Waals surface area contributed by atoms with Gasteiger partial charge in [0.1, 0.15) is 12.4 Å². The van der Waals surface area contributed by atoms with Crippen molar-refractivity contribution in [3.8, 4) is 11.4 Å². The average molecular weight is 365 g/mol. The Balaban J connectivity index is 0.00000133. The molecule has 1 aromatic carbocycles. The van der Waals surface area contributed by atoms with Crippen molar-refractivity contribution < 1.29 is 28.5 Å². The summed E-state index contributed by atoms with van der Waals surface area (Å²) in [6.07, 6.45) is 5.37. The summed E-state index contributed by atoms with van der Waals surface area (Å²) in [6.45, 7) is 3.22. The van der Waals surface area contributed by atoms with E-state index in [2.05, 4.69) is 52.1 Å². The fraction of sp³-hybridized carbons (Fsp3) is 0.200. The van der Waals surface area contributed by atoms with Crippen LogP contribution in [0.3, 0.4) is 0 Å². The van der Waals surface area contributed by atoms with E-state index in [1.807, 2.05) is 18.2 Å². The summed E-state index contributed by atoms with van der Waals surface area (Å²) in [4.78, 5) is 7.97. The van der Waals surface area contributed by atoms with Gasteiger partial charge in [-0.3, -0.25) is 0 Å². The van der Waals surface area contributed by atoms with Crippen molar-refractivity contribution in [2.45, 2.75) is 19.9 Å². The minimum Gasteiger partial charge on any atom is -1.00 e. The molecule has 0 radical (unpaired) electrons. The van der Waals surface area contributed by atoms with Gasteiger partial charge < -0.3 is 29.0 Å². The fourth-order valence-corrected chi connectivity index (χ4v) is 2.15. The van der Waals surface area contributed by atoms with E-state index in [-0.39, 0.29) is 24.0 Å². The van der Waals surface area contributed by atoms with E-state index in [1.165, 1.54) is 0 Å². The summed E-state index contributed by atoms with van der Waals surface area (Å²) in [7, 11) is 0. The van der Waals surface area contributed by atoms with E-state index in [4.69, 9.17) is 0 Å². The molecule has 0 amide bonds. The third kappa shape index (κ3) is 2.94. The molecule has 2 heterocycles. The molecule has 3 aromatic rings. The van der Waals surface area contributed by atoms with Gasteiger partial charge in [0, 0.05) is 12.5 Å². The molecule has 0 atom stereocenters. The summed E-state index contributed by atoms with van der Waals surface area (Å²) < 4.78 is 2.20. The first-order chi connectivity index (χ1) is 8.86. The number of pyridine rings is 1. The summed E-state index contributed by atoms with van der Waals surface area (Å²) in [6, 6.07) is 12.3. The lowest BCUT2D eigenvalue weighted by atomic mass is 10.2. The lowest BCUT2D eigenvalue weighted by Crippen LogP contribution is -3.00. The number of nitrogens with zero attached hydrogens (tertiary/aromatic N) is 2. The molecule has 3 nitrogen and oxygen atoms in total. The Labute approximate surface area is 129 Å². The number of imidazole rings is 1. The van der Waals surface area contributed by atoms with Crippen LogP contribution in [0.5, 0.6) is 0 Å². The van der Waals surface area contributed by atoms with Crippen LogP contribution in [0.4, 0.5) is 0 Å². The molecule has 3 rings (SSSR count). The minimum absolute atomic E-state index is 0. The normalized spacial score (nSPS) is 10.4. The first-order valence-corrected chi connectivity index (χ1v) is 6.31. The average Bonchev–Trinajstić information content (AvgIpc) is 2.83. The van der Waals surface area contributed by atoms with E-state index in [9.17, 15) is 0 Å². The molecule has 1 N–H and O–H groups in total. The Morgan fingerprint density at radius 2 is 2.00 bits per heavy atom. The van der Waals surface area contributed by atoms with Gasteiger partial charge in [0.2, 0.25) is 0 Å². The molecule has 0 saturated carbocycles. The van der Waals surface area contributed by atoms with Crippen LogP contribution < -0.4 is 28.5 Å². The number of para-hydroxylation sites is 2.